The number of aromatic nitrogens is 2. The van der Waals surface area contributed by atoms with E-state index in [2.05, 4.69) is 15.2 Å². The molecule has 0 radical (unpaired) electrons. The number of benzene rings is 1. The van der Waals surface area contributed by atoms with Gasteiger partial charge in [-0.05, 0) is 44.7 Å². The van der Waals surface area contributed by atoms with Crippen molar-refractivity contribution in [3.05, 3.63) is 34.0 Å². The Bertz CT molecular complexity index is 1510. The van der Waals surface area contributed by atoms with Crippen molar-refractivity contribution in [2.45, 2.75) is 75.0 Å². The Morgan fingerprint density at radius 1 is 1.27 bits per heavy atom. The molecule has 6 aliphatic heterocycles. The maximum absolute atomic E-state index is 14.7. The lowest BCUT2D eigenvalue weighted by Crippen LogP contribution is -2.61. The summed E-state index contributed by atoms with van der Waals surface area (Å²) in [7, 11) is 0. The van der Waals surface area contributed by atoms with Crippen LogP contribution in [0.3, 0.4) is 0 Å². The average molecular weight is 601 g/mol. The van der Waals surface area contributed by atoms with Gasteiger partial charge in [-0.2, -0.15) is 23.1 Å². The minimum absolute atomic E-state index is 0.00567. The number of anilines is 2. The van der Waals surface area contributed by atoms with Gasteiger partial charge in [-0.15, -0.1) is 0 Å². The number of ether oxygens (including phenoxy) is 1. The van der Waals surface area contributed by atoms with E-state index >= 15 is 0 Å². The summed E-state index contributed by atoms with van der Waals surface area (Å²) in [5, 5.41) is 13.0. The maximum Gasteiger partial charge on any atom is 0.419 e. The molecule has 41 heavy (non-hydrogen) atoms. The number of nitrogens with zero attached hydrogens (tertiary/aromatic N) is 5. The molecule has 13 heteroatoms. The van der Waals surface area contributed by atoms with Crippen molar-refractivity contribution in [3.63, 3.8) is 0 Å². The third-order valence-electron chi connectivity index (χ3n) is 8.95. The first-order chi connectivity index (χ1) is 21.1. The van der Waals surface area contributed by atoms with Crippen LogP contribution in [0.25, 0.3) is 0 Å². The SMILES string of the molecule is [2H]C1([2H])CC[C@@]2(C([2H])([2H])Oc3nc4c(c(N5CC6CCC5CN6)n3)CCN(c3cc(O)cc(Cl)c3C(F)(F)F)C4)C[C@@H](F)CN12. The van der Waals surface area contributed by atoms with Gasteiger partial charge in [0.15, 0.2) is 0 Å². The van der Waals surface area contributed by atoms with E-state index in [0.29, 0.717) is 30.2 Å². The molecule has 0 spiro atoms. The molecule has 222 valence electrons. The summed E-state index contributed by atoms with van der Waals surface area (Å²) in [6.07, 6.45) is -4.31. The summed E-state index contributed by atoms with van der Waals surface area (Å²) < 4.78 is 97.7. The summed E-state index contributed by atoms with van der Waals surface area (Å²) in [6.45, 7) is -3.40. The van der Waals surface area contributed by atoms with E-state index in [1.807, 2.05) is 0 Å². The highest BCUT2D eigenvalue weighted by molar-refractivity contribution is 6.32. The van der Waals surface area contributed by atoms with Crippen molar-refractivity contribution >= 4 is 23.1 Å². The van der Waals surface area contributed by atoms with Gasteiger partial charge in [0, 0.05) is 59.1 Å². The molecule has 6 aliphatic rings. The normalized spacial score (nSPS) is 32.7. The highest BCUT2D eigenvalue weighted by Gasteiger charge is 2.49. The van der Waals surface area contributed by atoms with Crippen LogP contribution in [0.15, 0.2) is 12.1 Å². The first-order valence-corrected chi connectivity index (χ1v) is 14.3. The average Bonchev–Trinajstić information content (AvgIpc) is 3.45. The van der Waals surface area contributed by atoms with Gasteiger partial charge < -0.3 is 25.0 Å². The van der Waals surface area contributed by atoms with Crippen molar-refractivity contribution in [2.24, 2.45) is 0 Å². The fourth-order valence-corrected chi connectivity index (χ4v) is 7.32. The summed E-state index contributed by atoms with van der Waals surface area (Å²) in [5.74, 6) is 0.103. The molecule has 2 N–H and O–H groups in total. The van der Waals surface area contributed by atoms with Crippen LogP contribution in [0.4, 0.5) is 29.1 Å². The lowest BCUT2D eigenvalue weighted by Gasteiger charge is -2.47. The lowest BCUT2D eigenvalue weighted by atomic mass is 9.92. The number of hydrogen-bond acceptors (Lipinski definition) is 8. The molecule has 2 bridgehead atoms. The van der Waals surface area contributed by atoms with Crippen LogP contribution in [0.2, 0.25) is 5.02 Å². The van der Waals surface area contributed by atoms with Crippen LogP contribution in [0, 0.1) is 0 Å². The van der Waals surface area contributed by atoms with E-state index in [1.165, 1.54) is 9.80 Å². The topological polar surface area (TPSA) is 77.0 Å². The number of rotatable bonds is 5. The Morgan fingerprint density at radius 2 is 2.12 bits per heavy atom. The first kappa shape index (κ1) is 23.0. The van der Waals surface area contributed by atoms with Crippen LogP contribution >= 0.6 is 11.6 Å². The van der Waals surface area contributed by atoms with Gasteiger partial charge in [0.25, 0.3) is 0 Å². The first-order valence-electron chi connectivity index (χ1n) is 15.9. The van der Waals surface area contributed by atoms with Crippen molar-refractivity contribution in [1.29, 1.82) is 0 Å². The molecule has 0 amide bonds. The van der Waals surface area contributed by atoms with Gasteiger partial charge in [-0.3, -0.25) is 4.90 Å². The molecule has 8 rings (SSSR count). The van der Waals surface area contributed by atoms with E-state index in [-0.39, 0.29) is 69.1 Å². The number of aromatic hydroxyl groups is 1. The smallest absolute Gasteiger partial charge is 0.419 e. The largest absolute Gasteiger partial charge is 0.508 e. The zero-order chi connectivity index (χ0) is 32.1. The zero-order valence-electron chi connectivity index (χ0n) is 26.1. The molecule has 2 unspecified atom stereocenters. The summed E-state index contributed by atoms with van der Waals surface area (Å²) in [6, 6.07) is 1.82. The minimum atomic E-state index is -4.80. The van der Waals surface area contributed by atoms with Crippen LogP contribution in [-0.4, -0.2) is 83.0 Å². The van der Waals surface area contributed by atoms with E-state index in [9.17, 15) is 22.7 Å². The lowest BCUT2D eigenvalue weighted by molar-refractivity contribution is -0.137. The number of phenolic OH excluding ortho intramolecular Hbond substituents is 1. The van der Waals surface area contributed by atoms with Gasteiger partial charge in [0.05, 0.1) is 36.8 Å². The Hall–Kier alpha value is -2.57. The summed E-state index contributed by atoms with van der Waals surface area (Å²) >= 11 is 5.97. The molecular weight excluding hydrogens is 564 g/mol. The van der Waals surface area contributed by atoms with Gasteiger partial charge in [0.2, 0.25) is 0 Å². The van der Waals surface area contributed by atoms with Gasteiger partial charge in [-0.25, -0.2) is 4.39 Å². The molecule has 2 aromatic rings. The predicted octanol–water partition coefficient (Wildman–Crippen LogP) is 4.31. The fraction of sp³-hybridized carbons (Fsp3) is 0.643. The molecule has 1 aromatic heterocycles. The number of piperidine rings is 2. The van der Waals surface area contributed by atoms with Crippen molar-refractivity contribution in [2.75, 3.05) is 49.0 Å². The Balaban J connectivity index is 1.29. The number of hydrogen-bond donors (Lipinski definition) is 2. The molecule has 0 aliphatic carbocycles. The highest BCUT2D eigenvalue weighted by Crippen LogP contribution is 2.45. The molecule has 8 nitrogen and oxygen atoms in total. The second-order valence-corrected chi connectivity index (χ2v) is 11.9. The number of nitrogens with one attached hydrogen (secondary N) is 1. The number of fused-ring (bicyclic) bond motifs is 5. The third-order valence-corrected chi connectivity index (χ3v) is 9.25. The van der Waals surface area contributed by atoms with Crippen molar-refractivity contribution in [1.82, 2.24) is 20.2 Å². The van der Waals surface area contributed by atoms with Crippen LogP contribution in [0.5, 0.6) is 11.8 Å². The number of alkyl halides is 4. The molecule has 5 fully saturated rings. The minimum Gasteiger partial charge on any atom is -0.508 e. The van der Waals surface area contributed by atoms with Gasteiger partial charge in [-0.1, -0.05) is 11.6 Å². The summed E-state index contributed by atoms with van der Waals surface area (Å²) in [4.78, 5) is 14.0. The Kier molecular flexibility index (Phi) is 5.61. The predicted molar refractivity (Wildman–Crippen MR) is 146 cm³/mol. The van der Waals surface area contributed by atoms with Gasteiger partial charge >= 0.3 is 12.2 Å². The number of halogens is 5. The molecular formula is C28H33ClF4N6O2. The number of piperazine rings is 1. The molecule has 1 aromatic carbocycles. The molecule has 4 atom stereocenters. The molecule has 7 heterocycles. The van der Waals surface area contributed by atoms with E-state index in [0.717, 1.165) is 25.0 Å². The maximum atomic E-state index is 14.7. The second-order valence-electron chi connectivity index (χ2n) is 11.5. The third kappa shape index (κ3) is 4.85. The standard InChI is InChI=1S/C28H33ClF4N6O2/c29-21-8-19(40)9-23(24(21)28(31,32)33)37-7-4-20-22(14-37)35-26(36-25(20)39-13-17-2-3-18(39)11-34-17)41-15-27-5-1-6-38(27)12-16(30)10-27/h8-9,16-18,34,40H,1-7,10-15H2/t16-,17?,18?,27+/m1/s1/i6D2,15D2. The van der Waals surface area contributed by atoms with Crippen molar-refractivity contribution < 1.29 is 32.9 Å². The fourth-order valence-electron chi connectivity index (χ4n) is 7.01. The quantitative estimate of drug-likeness (QED) is 0.492. The van der Waals surface area contributed by atoms with E-state index in [4.69, 9.17) is 26.8 Å². The van der Waals surface area contributed by atoms with Crippen LogP contribution in [0.1, 0.15) is 54.4 Å². The molecule has 0 saturated carbocycles. The number of phenols is 1. The van der Waals surface area contributed by atoms with E-state index in [1.54, 1.807) is 0 Å². The highest BCUT2D eigenvalue weighted by atomic mass is 35.5. The Morgan fingerprint density at radius 3 is 2.85 bits per heavy atom. The van der Waals surface area contributed by atoms with Crippen LogP contribution < -0.4 is 19.9 Å². The molecule has 5 saturated heterocycles. The van der Waals surface area contributed by atoms with Crippen LogP contribution in [-0.2, 0) is 19.1 Å². The zero-order valence-corrected chi connectivity index (χ0v) is 22.9. The second kappa shape index (κ2) is 10.0. The summed E-state index contributed by atoms with van der Waals surface area (Å²) in [5.41, 5.74) is -1.92. The van der Waals surface area contributed by atoms with Crippen molar-refractivity contribution in [3.8, 4) is 11.8 Å². The monoisotopic (exact) mass is 600 g/mol. The Labute approximate surface area is 246 Å². The van der Waals surface area contributed by atoms with E-state index < -0.39 is 47.3 Å². The van der Waals surface area contributed by atoms with Gasteiger partial charge in [0.1, 0.15) is 24.3 Å².